The first-order valence-corrected chi connectivity index (χ1v) is 12.1. The van der Waals surface area contributed by atoms with Crippen LogP contribution in [0.25, 0.3) is 22.0 Å². The van der Waals surface area contributed by atoms with Crippen LogP contribution in [0.15, 0.2) is 72.9 Å². The molecule has 5 N–H and O–H groups in total. The summed E-state index contributed by atoms with van der Waals surface area (Å²) in [6, 6.07) is 21.5. The van der Waals surface area contributed by atoms with Gasteiger partial charge in [0.05, 0.1) is 16.8 Å². The number of benzene rings is 3. The Bertz CT molecular complexity index is 1390. The number of carbonyl (C=O) groups excluding carboxylic acids is 2. The van der Waals surface area contributed by atoms with Crippen molar-refractivity contribution in [2.45, 2.75) is 19.8 Å². The number of nitrogens with two attached hydrogens (primary N) is 1. The first kappa shape index (κ1) is 24.9. The van der Waals surface area contributed by atoms with E-state index in [1.165, 1.54) is 0 Å². The van der Waals surface area contributed by atoms with Gasteiger partial charge in [0.1, 0.15) is 0 Å². The van der Waals surface area contributed by atoms with Crippen molar-refractivity contribution in [2.75, 3.05) is 25.5 Å². The van der Waals surface area contributed by atoms with Gasteiger partial charge in [-0.1, -0.05) is 36.4 Å². The highest BCUT2D eigenvalue weighted by Crippen LogP contribution is 2.33. The monoisotopic (exact) mass is 481 g/mol. The van der Waals surface area contributed by atoms with Gasteiger partial charge in [-0.25, -0.2) is 0 Å². The summed E-state index contributed by atoms with van der Waals surface area (Å²) in [5, 5.41) is 9.91. The average molecular weight is 482 g/mol. The van der Waals surface area contributed by atoms with Crippen molar-refractivity contribution in [1.82, 2.24) is 15.6 Å². The lowest BCUT2D eigenvalue weighted by Crippen LogP contribution is -2.25. The minimum atomic E-state index is -0.217. The van der Waals surface area contributed by atoms with Crippen molar-refractivity contribution in [2.24, 2.45) is 5.73 Å². The fourth-order valence-electron chi connectivity index (χ4n) is 4.14. The Morgan fingerprint density at radius 1 is 0.889 bits per heavy atom. The number of aromatic nitrogens is 1. The van der Waals surface area contributed by atoms with Crippen LogP contribution in [0.3, 0.4) is 0 Å². The third-order valence-corrected chi connectivity index (χ3v) is 6.10. The molecule has 36 heavy (non-hydrogen) atoms. The maximum atomic E-state index is 12.6. The van der Waals surface area contributed by atoms with Crippen LogP contribution in [0.5, 0.6) is 0 Å². The topological polar surface area (TPSA) is 109 Å². The van der Waals surface area contributed by atoms with Crippen LogP contribution in [-0.4, -0.2) is 36.9 Å². The molecule has 7 heteroatoms. The van der Waals surface area contributed by atoms with E-state index in [1.54, 1.807) is 13.2 Å². The largest absolute Gasteiger partial charge is 0.355 e. The van der Waals surface area contributed by atoms with Crippen LogP contribution in [0.2, 0.25) is 0 Å². The fourth-order valence-corrected chi connectivity index (χ4v) is 4.14. The first-order chi connectivity index (χ1) is 17.5. The summed E-state index contributed by atoms with van der Waals surface area (Å²) in [4.78, 5) is 29.8. The number of hydrogen-bond donors (Lipinski definition) is 4. The number of amides is 2. The Kier molecular flexibility index (Phi) is 7.92. The molecule has 7 nitrogen and oxygen atoms in total. The predicted octanol–water partition coefficient (Wildman–Crippen LogP) is 4.78. The summed E-state index contributed by atoms with van der Waals surface area (Å²) >= 11 is 0. The van der Waals surface area contributed by atoms with Gasteiger partial charge in [0.2, 0.25) is 0 Å². The molecule has 0 aliphatic heterocycles. The van der Waals surface area contributed by atoms with E-state index in [9.17, 15) is 9.59 Å². The minimum Gasteiger partial charge on any atom is -0.355 e. The Labute approximate surface area is 211 Å². The Hall–Kier alpha value is -4.23. The summed E-state index contributed by atoms with van der Waals surface area (Å²) in [7, 11) is 1.61. The summed E-state index contributed by atoms with van der Waals surface area (Å²) in [6.45, 7) is 3.17. The Morgan fingerprint density at radius 2 is 1.64 bits per heavy atom. The zero-order chi connectivity index (χ0) is 25.5. The number of carbonyl (C=O) groups is 2. The zero-order valence-electron chi connectivity index (χ0n) is 20.6. The Balaban J connectivity index is 1.71. The number of pyridine rings is 1. The molecule has 0 atom stereocenters. The van der Waals surface area contributed by atoms with Gasteiger partial charge in [0.25, 0.3) is 11.8 Å². The van der Waals surface area contributed by atoms with Crippen LogP contribution < -0.4 is 21.7 Å². The third kappa shape index (κ3) is 5.53. The van der Waals surface area contributed by atoms with E-state index in [2.05, 4.69) is 20.9 Å². The molecule has 0 spiro atoms. The SMILES string of the molecule is CNC(=O)c1cnc2ccc(-c3ccc(C(=O)NCCCCN)c(C)c3)cc2c1Nc1ccccc1. The highest BCUT2D eigenvalue weighted by molar-refractivity contribution is 6.08. The number of nitrogens with one attached hydrogen (secondary N) is 3. The quantitative estimate of drug-likeness (QED) is 0.257. The second-order valence-corrected chi connectivity index (χ2v) is 8.63. The van der Waals surface area contributed by atoms with Gasteiger partial charge >= 0.3 is 0 Å². The summed E-state index contributed by atoms with van der Waals surface area (Å²) in [5.41, 5.74) is 11.8. The molecule has 0 radical (unpaired) electrons. The third-order valence-electron chi connectivity index (χ3n) is 6.10. The van der Waals surface area contributed by atoms with Crippen LogP contribution in [0.1, 0.15) is 39.1 Å². The molecule has 4 aromatic rings. The van der Waals surface area contributed by atoms with Crippen LogP contribution in [0, 0.1) is 6.92 Å². The molecule has 0 saturated heterocycles. The number of rotatable bonds is 9. The molecular weight excluding hydrogens is 450 g/mol. The molecule has 0 fully saturated rings. The van der Waals surface area contributed by atoms with Crippen molar-refractivity contribution in [1.29, 1.82) is 0 Å². The Morgan fingerprint density at radius 3 is 2.36 bits per heavy atom. The van der Waals surface area contributed by atoms with Crippen LogP contribution in [-0.2, 0) is 0 Å². The predicted molar refractivity (Wildman–Crippen MR) is 146 cm³/mol. The average Bonchev–Trinajstić information content (AvgIpc) is 2.91. The van der Waals surface area contributed by atoms with Gasteiger partial charge < -0.3 is 21.7 Å². The molecule has 1 aromatic heterocycles. The van der Waals surface area contributed by atoms with Gasteiger partial charge in [-0.05, 0) is 73.3 Å². The molecule has 0 bridgehead atoms. The lowest BCUT2D eigenvalue weighted by molar-refractivity contribution is 0.0948. The summed E-state index contributed by atoms with van der Waals surface area (Å²) in [6.07, 6.45) is 3.34. The molecule has 2 amide bonds. The van der Waals surface area contributed by atoms with Gasteiger partial charge in [-0.2, -0.15) is 0 Å². The molecule has 0 unspecified atom stereocenters. The molecule has 0 aliphatic rings. The maximum absolute atomic E-state index is 12.6. The van der Waals surface area contributed by atoms with Crippen molar-refractivity contribution in [3.8, 4) is 11.1 Å². The lowest BCUT2D eigenvalue weighted by Gasteiger charge is -2.15. The fraction of sp³-hybridized carbons (Fsp3) is 0.207. The van der Waals surface area contributed by atoms with E-state index in [-0.39, 0.29) is 11.8 Å². The van der Waals surface area contributed by atoms with Gasteiger partial charge in [0, 0.05) is 36.4 Å². The van der Waals surface area contributed by atoms with Gasteiger partial charge in [-0.3, -0.25) is 14.6 Å². The van der Waals surface area contributed by atoms with Crippen LogP contribution >= 0.6 is 0 Å². The zero-order valence-corrected chi connectivity index (χ0v) is 20.6. The highest BCUT2D eigenvalue weighted by atomic mass is 16.2. The number of anilines is 2. The minimum absolute atomic E-state index is 0.0802. The molecule has 3 aromatic carbocycles. The molecule has 0 aliphatic carbocycles. The number of hydrogen-bond acceptors (Lipinski definition) is 5. The molecular formula is C29H31N5O2. The summed E-state index contributed by atoms with van der Waals surface area (Å²) < 4.78 is 0. The number of para-hydroxylation sites is 1. The number of unbranched alkanes of at least 4 members (excludes halogenated alkanes) is 1. The molecule has 4 rings (SSSR count). The van der Waals surface area contributed by atoms with E-state index in [0.29, 0.717) is 29.9 Å². The number of fused-ring (bicyclic) bond motifs is 1. The smallest absolute Gasteiger partial charge is 0.254 e. The second-order valence-electron chi connectivity index (χ2n) is 8.63. The van der Waals surface area contributed by atoms with Crippen molar-refractivity contribution >= 4 is 34.1 Å². The molecule has 184 valence electrons. The first-order valence-electron chi connectivity index (χ1n) is 12.1. The van der Waals surface area contributed by atoms with Crippen LogP contribution in [0.4, 0.5) is 11.4 Å². The van der Waals surface area contributed by atoms with Crippen molar-refractivity contribution in [3.63, 3.8) is 0 Å². The van der Waals surface area contributed by atoms with Crippen molar-refractivity contribution < 1.29 is 9.59 Å². The standard InChI is InChI=1S/C29H31N5O2/c1-19-16-20(10-12-23(19)29(36)32-15-7-6-14-30)21-11-13-26-24(17-21)27(25(18-33-26)28(35)31-2)34-22-8-4-3-5-9-22/h3-5,8-13,16-18H,6-7,14-15,30H2,1-2H3,(H,31,35)(H,32,36)(H,33,34). The molecule has 0 saturated carbocycles. The summed E-state index contributed by atoms with van der Waals surface area (Å²) in [5.74, 6) is -0.297. The van der Waals surface area contributed by atoms with E-state index < -0.39 is 0 Å². The number of aryl methyl sites for hydroxylation is 1. The van der Waals surface area contributed by atoms with Gasteiger partial charge in [0.15, 0.2) is 0 Å². The van der Waals surface area contributed by atoms with E-state index in [0.717, 1.165) is 46.1 Å². The second kappa shape index (κ2) is 11.5. The van der Waals surface area contributed by atoms with E-state index in [1.807, 2.05) is 73.7 Å². The molecule has 1 heterocycles. The highest BCUT2D eigenvalue weighted by Gasteiger charge is 2.16. The lowest BCUT2D eigenvalue weighted by atomic mass is 9.97. The van der Waals surface area contributed by atoms with Crippen molar-refractivity contribution in [3.05, 3.63) is 89.6 Å². The number of nitrogens with zero attached hydrogens (tertiary/aromatic N) is 1. The van der Waals surface area contributed by atoms with E-state index >= 15 is 0 Å². The maximum Gasteiger partial charge on any atom is 0.254 e. The van der Waals surface area contributed by atoms with Gasteiger partial charge in [-0.15, -0.1) is 0 Å². The van der Waals surface area contributed by atoms with E-state index in [4.69, 9.17) is 5.73 Å². The normalized spacial score (nSPS) is 10.8.